The predicted octanol–water partition coefficient (Wildman–Crippen LogP) is 0.126. The fraction of sp³-hybridized carbons (Fsp3) is 0. The molecule has 4 rings (SSSR count). The van der Waals surface area contributed by atoms with Crippen molar-refractivity contribution in [1.82, 2.24) is 30.2 Å². The van der Waals surface area contributed by atoms with Crippen molar-refractivity contribution in [1.29, 1.82) is 0 Å². The third-order valence-electron chi connectivity index (χ3n) is 2.71. The van der Waals surface area contributed by atoms with Crippen LogP contribution >= 0.6 is 0 Å². The minimum atomic E-state index is -0.138. The van der Waals surface area contributed by atoms with Crippen molar-refractivity contribution in [3.05, 3.63) is 35.5 Å². The maximum absolute atomic E-state index is 12.1. The lowest BCUT2D eigenvalue weighted by Gasteiger charge is -1.96. The Morgan fingerprint density at radius 2 is 1.88 bits per heavy atom. The number of ketones is 1. The highest BCUT2D eigenvalue weighted by atomic mass is 16.1. The van der Waals surface area contributed by atoms with Crippen LogP contribution in [-0.4, -0.2) is 36.0 Å². The van der Waals surface area contributed by atoms with Crippen molar-refractivity contribution in [2.45, 2.75) is 0 Å². The summed E-state index contributed by atoms with van der Waals surface area (Å²) in [4.78, 5) is 16.3. The summed E-state index contributed by atoms with van der Waals surface area (Å²) < 4.78 is 1.16. The summed E-state index contributed by atoms with van der Waals surface area (Å²) in [6.45, 7) is 0. The Hall–Kier alpha value is -2.70. The molecule has 3 aromatic rings. The molecule has 17 heavy (non-hydrogen) atoms. The van der Waals surface area contributed by atoms with Crippen LogP contribution in [0.3, 0.4) is 0 Å². The zero-order chi connectivity index (χ0) is 11.4. The largest absolute Gasteiger partial charge is 0.291 e. The second-order valence-electron chi connectivity index (χ2n) is 3.65. The number of carbonyl (C=O) groups is 1. The van der Waals surface area contributed by atoms with Crippen molar-refractivity contribution in [3.63, 3.8) is 0 Å². The Labute approximate surface area is 94.1 Å². The zero-order valence-corrected chi connectivity index (χ0v) is 8.40. The third-order valence-corrected chi connectivity index (χ3v) is 2.71. The Morgan fingerprint density at radius 1 is 1.06 bits per heavy atom. The van der Waals surface area contributed by atoms with E-state index in [0.717, 1.165) is 10.2 Å². The highest BCUT2D eigenvalue weighted by Crippen LogP contribution is 2.33. The number of tetrazole rings is 1. The molecule has 7 nitrogen and oxygen atoms in total. The topological polar surface area (TPSA) is 85.9 Å². The van der Waals surface area contributed by atoms with E-state index in [1.807, 2.05) is 18.2 Å². The zero-order valence-electron chi connectivity index (χ0n) is 8.40. The number of nitrogens with zero attached hydrogens (tertiary/aromatic N) is 6. The monoisotopic (exact) mass is 224 g/mol. The third kappa shape index (κ3) is 0.949. The van der Waals surface area contributed by atoms with Gasteiger partial charge in [-0.2, -0.15) is 0 Å². The number of aromatic nitrogens is 6. The smallest absolute Gasteiger partial charge is 0.287 e. The Bertz CT molecular complexity index is 777. The van der Waals surface area contributed by atoms with Crippen LogP contribution in [0.25, 0.3) is 17.0 Å². The molecule has 0 unspecified atom stereocenters. The molecule has 1 aliphatic rings. The Balaban J connectivity index is 2.16. The van der Waals surface area contributed by atoms with Gasteiger partial charge in [0.2, 0.25) is 5.78 Å². The van der Waals surface area contributed by atoms with Gasteiger partial charge in [0.15, 0.2) is 5.69 Å². The number of hydrogen-bond acceptors (Lipinski definition) is 6. The van der Waals surface area contributed by atoms with Crippen molar-refractivity contribution < 1.29 is 4.79 Å². The first-order valence-corrected chi connectivity index (χ1v) is 4.95. The highest BCUT2D eigenvalue weighted by Gasteiger charge is 2.30. The van der Waals surface area contributed by atoms with Gasteiger partial charge in [-0.3, -0.25) is 4.79 Å². The summed E-state index contributed by atoms with van der Waals surface area (Å²) in [5.74, 6) is 0.147. The van der Waals surface area contributed by atoms with Gasteiger partial charge in [-0.05, 0) is 10.4 Å². The number of benzene rings is 1. The molecule has 80 valence electrons. The molecule has 7 heteroatoms. The summed E-state index contributed by atoms with van der Waals surface area (Å²) >= 11 is 0. The van der Waals surface area contributed by atoms with E-state index in [4.69, 9.17) is 0 Å². The van der Waals surface area contributed by atoms with Gasteiger partial charge in [-0.15, -0.1) is 5.10 Å². The second kappa shape index (κ2) is 2.70. The first kappa shape index (κ1) is 8.45. The summed E-state index contributed by atoms with van der Waals surface area (Å²) in [6.07, 6.45) is 0. The molecule has 2 aromatic heterocycles. The van der Waals surface area contributed by atoms with Crippen molar-refractivity contribution in [3.8, 4) is 11.3 Å². The normalized spacial score (nSPS) is 12.8. The minimum Gasteiger partial charge on any atom is -0.287 e. The van der Waals surface area contributed by atoms with E-state index in [0.29, 0.717) is 17.0 Å². The van der Waals surface area contributed by atoms with Crippen molar-refractivity contribution >= 4 is 11.6 Å². The SMILES string of the molecule is O=C1c2ccccc2-c2nc3nnnn3nc21. The van der Waals surface area contributed by atoms with E-state index in [9.17, 15) is 4.79 Å². The molecule has 0 spiro atoms. The second-order valence-corrected chi connectivity index (χ2v) is 3.65. The van der Waals surface area contributed by atoms with Gasteiger partial charge in [-0.1, -0.05) is 34.0 Å². The van der Waals surface area contributed by atoms with E-state index in [-0.39, 0.29) is 11.6 Å². The molecule has 0 saturated heterocycles. The number of carbonyl (C=O) groups excluding carboxylic acids is 1. The fourth-order valence-electron chi connectivity index (χ4n) is 1.96. The van der Waals surface area contributed by atoms with E-state index in [1.54, 1.807) is 6.07 Å². The molecule has 0 atom stereocenters. The van der Waals surface area contributed by atoms with Crippen LogP contribution in [0.2, 0.25) is 0 Å². The molecule has 2 heterocycles. The average molecular weight is 224 g/mol. The van der Waals surface area contributed by atoms with Gasteiger partial charge < -0.3 is 0 Å². The van der Waals surface area contributed by atoms with Gasteiger partial charge >= 0.3 is 0 Å². The van der Waals surface area contributed by atoms with Crippen LogP contribution in [0.5, 0.6) is 0 Å². The molecule has 1 aromatic carbocycles. The summed E-state index contributed by atoms with van der Waals surface area (Å²) in [5, 5.41) is 14.9. The molecule has 0 saturated carbocycles. The number of fused-ring (bicyclic) bond motifs is 4. The standard InChI is InChI=1S/C10H4N6O/c17-9-6-4-2-1-3-5(6)7-8(9)13-16-10(11-7)12-14-15-16/h1-4H. The lowest BCUT2D eigenvalue weighted by molar-refractivity contribution is 0.103. The van der Waals surface area contributed by atoms with Gasteiger partial charge in [-0.25, -0.2) is 4.98 Å². The van der Waals surface area contributed by atoms with Crippen LogP contribution in [0.1, 0.15) is 16.1 Å². The lowest BCUT2D eigenvalue weighted by atomic mass is 10.1. The summed E-state index contributed by atoms with van der Waals surface area (Å²) in [5.41, 5.74) is 2.24. The molecule has 0 fully saturated rings. The molecule has 0 amide bonds. The van der Waals surface area contributed by atoms with Gasteiger partial charge in [0.1, 0.15) is 5.69 Å². The van der Waals surface area contributed by atoms with Gasteiger partial charge in [0.25, 0.3) is 5.78 Å². The summed E-state index contributed by atoms with van der Waals surface area (Å²) in [6, 6.07) is 7.27. The molecule has 0 aliphatic heterocycles. The quantitative estimate of drug-likeness (QED) is 0.422. The van der Waals surface area contributed by atoms with Crippen LogP contribution < -0.4 is 0 Å². The van der Waals surface area contributed by atoms with E-state index < -0.39 is 0 Å². The van der Waals surface area contributed by atoms with Gasteiger partial charge in [0, 0.05) is 11.1 Å². The van der Waals surface area contributed by atoms with Crippen LogP contribution in [0, 0.1) is 0 Å². The Morgan fingerprint density at radius 3 is 2.76 bits per heavy atom. The Kier molecular flexibility index (Phi) is 1.34. The van der Waals surface area contributed by atoms with E-state index in [2.05, 4.69) is 25.6 Å². The van der Waals surface area contributed by atoms with Gasteiger partial charge in [0.05, 0.1) is 0 Å². The van der Waals surface area contributed by atoms with Crippen molar-refractivity contribution in [2.24, 2.45) is 0 Å². The maximum atomic E-state index is 12.1. The first-order chi connectivity index (χ1) is 8.34. The molecular formula is C10H4N6O. The molecule has 0 bridgehead atoms. The molecular weight excluding hydrogens is 220 g/mol. The number of rotatable bonds is 0. The van der Waals surface area contributed by atoms with Crippen LogP contribution in [0.4, 0.5) is 0 Å². The minimum absolute atomic E-state index is 0.138. The lowest BCUT2D eigenvalue weighted by Crippen LogP contribution is -2.06. The number of hydrogen-bond donors (Lipinski definition) is 0. The molecule has 0 N–H and O–H groups in total. The predicted molar refractivity (Wildman–Crippen MR) is 55.2 cm³/mol. The first-order valence-electron chi connectivity index (χ1n) is 4.95. The molecule has 1 aliphatic carbocycles. The van der Waals surface area contributed by atoms with Crippen LogP contribution in [-0.2, 0) is 0 Å². The highest BCUT2D eigenvalue weighted by molar-refractivity contribution is 6.19. The van der Waals surface area contributed by atoms with Crippen molar-refractivity contribution in [2.75, 3.05) is 0 Å². The summed E-state index contributed by atoms with van der Waals surface area (Å²) in [7, 11) is 0. The van der Waals surface area contributed by atoms with E-state index >= 15 is 0 Å². The average Bonchev–Trinajstić information content (AvgIpc) is 2.92. The van der Waals surface area contributed by atoms with Crippen LogP contribution in [0.15, 0.2) is 24.3 Å². The molecule has 0 radical (unpaired) electrons. The maximum Gasteiger partial charge on any atom is 0.291 e. The van der Waals surface area contributed by atoms with E-state index in [1.165, 1.54) is 0 Å². The fourth-order valence-corrected chi connectivity index (χ4v) is 1.96.